The number of rotatable bonds is 5. The molecule has 6 heteroatoms. The van der Waals surface area contributed by atoms with Crippen LogP contribution in [0.1, 0.15) is 21.6 Å². The Morgan fingerprint density at radius 3 is 2.43 bits per heavy atom. The molecule has 0 amide bonds. The number of carbonyl (C=O) groups excluding carboxylic acids is 1. The number of halogens is 1. The third-order valence-electron chi connectivity index (χ3n) is 2.88. The van der Waals surface area contributed by atoms with Gasteiger partial charge >= 0.3 is 5.97 Å². The summed E-state index contributed by atoms with van der Waals surface area (Å²) in [4.78, 5) is 25.3. The number of allylic oxidation sites excluding steroid dienone is 1. The Morgan fingerprint density at radius 1 is 1.14 bits per heavy atom. The van der Waals surface area contributed by atoms with Gasteiger partial charge in [0.25, 0.3) is 0 Å². The largest absolute Gasteiger partial charge is 0.502 e. The average Bonchev–Trinajstić information content (AvgIpc) is 2.89. The summed E-state index contributed by atoms with van der Waals surface area (Å²) < 4.78 is 12.8. The number of aromatic nitrogens is 1. The van der Waals surface area contributed by atoms with E-state index in [0.29, 0.717) is 18.2 Å². The number of nitrogens with one attached hydrogen (secondary N) is 1. The van der Waals surface area contributed by atoms with Crippen molar-refractivity contribution in [1.29, 1.82) is 0 Å². The Morgan fingerprint density at radius 2 is 1.81 bits per heavy atom. The molecule has 0 fully saturated rings. The van der Waals surface area contributed by atoms with E-state index in [-0.39, 0.29) is 11.4 Å². The Hall–Kier alpha value is -2.89. The van der Waals surface area contributed by atoms with Crippen molar-refractivity contribution in [2.45, 2.75) is 6.42 Å². The fourth-order valence-electron chi connectivity index (χ4n) is 1.85. The number of benzene rings is 1. The van der Waals surface area contributed by atoms with Crippen molar-refractivity contribution < 1.29 is 24.2 Å². The van der Waals surface area contributed by atoms with Crippen LogP contribution in [0, 0.1) is 5.82 Å². The highest BCUT2D eigenvalue weighted by Crippen LogP contribution is 2.15. The van der Waals surface area contributed by atoms with Crippen molar-refractivity contribution in [2.24, 2.45) is 0 Å². The molecule has 0 aliphatic rings. The van der Waals surface area contributed by atoms with E-state index in [1.807, 2.05) is 0 Å². The SMILES string of the molecule is O=C(O)/C(O)=C/C(=O)c1cc[nH]c1Cc1ccc(F)cc1. The number of H-pyrrole nitrogens is 1. The molecular weight excluding hydrogens is 277 g/mol. The third-order valence-corrected chi connectivity index (χ3v) is 2.88. The summed E-state index contributed by atoms with van der Waals surface area (Å²) in [5.41, 5.74) is 1.60. The number of hydrogen-bond donors (Lipinski definition) is 3. The second-order valence-electron chi connectivity index (χ2n) is 4.37. The predicted molar refractivity (Wildman–Crippen MR) is 72.7 cm³/mol. The Bertz CT molecular complexity index is 701. The number of aromatic amines is 1. The third kappa shape index (κ3) is 3.56. The van der Waals surface area contributed by atoms with Crippen molar-refractivity contribution in [3.05, 3.63) is 71.0 Å². The number of ketones is 1. The minimum absolute atomic E-state index is 0.257. The number of aliphatic hydroxyl groups excluding tert-OH is 1. The van der Waals surface area contributed by atoms with Crippen molar-refractivity contribution in [2.75, 3.05) is 0 Å². The molecule has 0 atom stereocenters. The van der Waals surface area contributed by atoms with Gasteiger partial charge in [0.05, 0.1) is 0 Å². The van der Waals surface area contributed by atoms with Gasteiger partial charge in [-0.3, -0.25) is 4.79 Å². The molecule has 0 saturated carbocycles. The topological polar surface area (TPSA) is 90.4 Å². The summed E-state index contributed by atoms with van der Waals surface area (Å²) in [5, 5.41) is 17.6. The molecular formula is C15H12FNO4. The summed E-state index contributed by atoms with van der Waals surface area (Å²) >= 11 is 0. The molecule has 0 radical (unpaired) electrons. The highest BCUT2D eigenvalue weighted by atomic mass is 19.1. The summed E-state index contributed by atoms with van der Waals surface area (Å²) in [7, 11) is 0. The lowest BCUT2D eigenvalue weighted by Crippen LogP contribution is -2.05. The number of carboxylic acids is 1. The van der Waals surface area contributed by atoms with Crippen molar-refractivity contribution in [1.82, 2.24) is 4.98 Å². The van der Waals surface area contributed by atoms with Crippen molar-refractivity contribution in [3.63, 3.8) is 0 Å². The molecule has 0 spiro atoms. The van der Waals surface area contributed by atoms with Crippen LogP contribution in [-0.4, -0.2) is 26.9 Å². The summed E-state index contributed by atoms with van der Waals surface area (Å²) in [5.74, 6) is -3.56. The number of hydrogen-bond acceptors (Lipinski definition) is 3. The molecule has 3 N–H and O–H groups in total. The Labute approximate surface area is 119 Å². The van der Waals surface area contributed by atoms with Crippen LogP contribution >= 0.6 is 0 Å². The van der Waals surface area contributed by atoms with E-state index in [2.05, 4.69) is 4.98 Å². The van der Waals surface area contributed by atoms with Crippen LogP contribution in [0.4, 0.5) is 4.39 Å². The van der Waals surface area contributed by atoms with E-state index >= 15 is 0 Å². The first-order valence-electron chi connectivity index (χ1n) is 6.06. The fraction of sp³-hybridized carbons (Fsp3) is 0.0667. The van der Waals surface area contributed by atoms with Crippen molar-refractivity contribution in [3.8, 4) is 0 Å². The molecule has 108 valence electrons. The molecule has 21 heavy (non-hydrogen) atoms. The second-order valence-corrected chi connectivity index (χ2v) is 4.37. The zero-order chi connectivity index (χ0) is 15.4. The molecule has 0 aliphatic carbocycles. The van der Waals surface area contributed by atoms with E-state index in [0.717, 1.165) is 5.56 Å². The van der Waals surface area contributed by atoms with Crippen LogP contribution < -0.4 is 0 Å². The monoisotopic (exact) mass is 289 g/mol. The van der Waals surface area contributed by atoms with Gasteiger partial charge in [-0.1, -0.05) is 12.1 Å². The van der Waals surface area contributed by atoms with E-state index in [9.17, 15) is 14.0 Å². The van der Waals surface area contributed by atoms with Crippen LogP contribution in [-0.2, 0) is 11.2 Å². The van der Waals surface area contributed by atoms with Crippen LogP contribution in [0.5, 0.6) is 0 Å². The van der Waals surface area contributed by atoms with E-state index in [1.165, 1.54) is 24.4 Å². The lowest BCUT2D eigenvalue weighted by atomic mass is 10.0. The van der Waals surface area contributed by atoms with Gasteiger partial charge in [-0.2, -0.15) is 0 Å². The average molecular weight is 289 g/mol. The van der Waals surface area contributed by atoms with Gasteiger partial charge in [-0.25, -0.2) is 9.18 Å². The smallest absolute Gasteiger partial charge is 0.371 e. The van der Waals surface area contributed by atoms with Gasteiger partial charge in [0, 0.05) is 30.0 Å². The Balaban J connectivity index is 2.22. The van der Waals surface area contributed by atoms with Gasteiger partial charge < -0.3 is 15.2 Å². The van der Waals surface area contributed by atoms with Gasteiger partial charge in [0.1, 0.15) is 5.82 Å². The molecule has 2 aromatic rings. The van der Waals surface area contributed by atoms with Crippen LogP contribution in [0.3, 0.4) is 0 Å². The van der Waals surface area contributed by atoms with Gasteiger partial charge in [-0.15, -0.1) is 0 Å². The molecule has 2 rings (SSSR count). The predicted octanol–water partition coefficient (Wildman–Crippen LogP) is 2.45. The number of carbonyl (C=O) groups is 2. The first-order chi connectivity index (χ1) is 9.97. The molecule has 5 nitrogen and oxygen atoms in total. The Kier molecular flexibility index (Phi) is 4.18. The van der Waals surface area contributed by atoms with Crippen LogP contribution in [0.25, 0.3) is 0 Å². The normalized spacial score (nSPS) is 11.4. The first kappa shape index (κ1) is 14.5. The zero-order valence-electron chi connectivity index (χ0n) is 10.8. The zero-order valence-corrected chi connectivity index (χ0v) is 10.8. The molecule has 0 bridgehead atoms. The fourth-order valence-corrected chi connectivity index (χ4v) is 1.85. The molecule has 0 saturated heterocycles. The van der Waals surface area contributed by atoms with Crippen molar-refractivity contribution >= 4 is 11.8 Å². The van der Waals surface area contributed by atoms with Gasteiger partial charge in [0.15, 0.2) is 5.78 Å². The molecule has 1 aromatic carbocycles. The molecule has 0 aliphatic heterocycles. The number of carboxylic acid groups (broad SMARTS) is 1. The highest BCUT2D eigenvalue weighted by molar-refractivity contribution is 6.08. The number of aliphatic hydroxyl groups is 1. The lowest BCUT2D eigenvalue weighted by molar-refractivity contribution is -0.135. The highest BCUT2D eigenvalue weighted by Gasteiger charge is 2.14. The van der Waals surface area contributed by atoms with Crippen LogP contribution in [0.15, 0.2) is 48.4 Å². The maximum Gasteiger partial charge on any atom is 0.371 e. The second kappa shape index (κ2) is 6.04. The molecule has 0 unspecified atom stereocenters. The van der Waals surface area contributed by atoms with Gasteiger partial charge in [0.2, 0.25) is 5.76 Å². The molecule has 1 aromatic heterocycles. The number of aliphatic carboxylic acids is 1. The summed E-state index contributed by atoms with van der Waals surface area (Å²) in [6.07, 6.45) is 2.55. The minimum atomic E-state index is -1.57. The van der Waals surface area contributed by atoms with E-state index < -0.39 is 17.5 Å². The summed E-state index contributed by atoms with van der Waals surface area (Å²) in [6.45, 7) is 0. The maximum atomic E-state index is 12.8. The van der Waals surface area contributed by atoms with Gasteiger partial charge in [-0.05, 0) is 23.8 Å². The lowest BCUT2D eigenvalue weighted by Gasteiger charge is -2.02. The quantitative estimate of drug-likeness (QED) is 0.448. The van der Waals surface area contributed by atoms with Crippen LogP contribution in [0.2, 0.25) is 0 Å². The standard InChI is InChI=1S/C15H12FNO4/c16-10-3-1-9(2-4-10)7-12-11(5-6-17-12)13(18)8-14(19)15(20)21/h1-6,8,17,19H,7H2,(H,20,21)/b14-8-. The van der Waals surface area contributed by atoms with E-state index in [4.69, 9.17) is 10.2 Å². The first-order valence-corrected chi connectivity index (χ1v) is 6.06. The minimum Gasteiger partial charge on any atom is -0.502 e. The van der Waals surface area contributed by atoms with E-state index in [1.54, 1.807) is 12.1 Å². The maximum absolute atomic E-state index is 12.8. The molecule has 1 heterocycles. The summed E-state index contributed by atoms with van der Waals surface area (Å²) in [6, 6.07) is 7.31.